The van der Waals surface area contributed by atoms with Crippen LogP contribution in [0.3, 0.4) is 0 Å². The molecule has 0 aliphatic carbocycles. The number of anilines is 1. The fourth-order valence-electron chi connectivity index (χ4n) is 3.95. The third kappa shape index (κ3) is 6.88. The Kier molecular flexibility index (Phi) is 9.13. The average molecular weight is 504 g/mol. The number of rotatable bonds is 9. The molecule has 0 spiro atoms. The van der Waals surface area contributed by atoms with Crippen molar-refractivity contribution < 1.29 is 27.5 Å². The molecule has 2 N–H and O–H groups in total. The van der Waals surface area contributed by atoms with Gasteiger partial charge in [0.05, 0.1) is 24.3 Å². The van der Waals surface area contributed by atoms with E-state index in [9.17, 15) is 22.8 Å². The predicted molar refractivity (Wildman–Crippen MR) is 128 cm³/mol. The molecule has 36 heavy (non-hydrogen) atoms. The topological polar surface area (TPSA) is 86.8 Å². The van der Waals surface area contributed by atoms with Gasteiger partial charge in [-0.1, -0.05) is 18.1 Å². The fraction of sp³-hybridized carbons (Fsp3) is 0.400. The first-order valence-electron chi connectivity index (χ1n) is 11.4. The molecule has 0 atom stereocenters. The summed E-state index contributed by atoms with van der Waals surface area (Å²) in [5, 5.41) is 6.04. The Morgan fingerprint density at radius 3 is 2.81 bits per heavy atom. The van der Waals surface area contributed by atoms with E-state index in [2.05, 4.69) is 21.5 Å². The van der Waals surface area contributed by atoms with E-state index in [1.54, 1.807) is 11.9 Å². The van der Waals surface area contributed by atoms with Crippen molar-refractivity contribution in [3.63, 3.8) is 0 Å². The highest BCUT2D eigenvalue weighted by Gasteiger charge is 2.34. The van der Waals surface area contributed by atoms with Gasteiger partial charge < -0.3 is 25.2 Å². The van der Waals surface area contributed by atoms with Crippen LogP contribution in [0.5, 0.6) is 0 Å². The molecule has 3 rings (SSSR count). The summed E-state index contributed by atoms with van der Waals surface area (Å²) in [6.45, 7) is 0.924. The van der Waals surface area contributed by atoms with E-state index in [-0.39, 0.29) is 37.8 Å². The van der Waals surface area contributed by atoms with Gasteiger partial charge in [0.25, 0.3) is 0 Å². The molecule has 8 nitrogen and oxygen atoms in total. The Balaban J connectivity index is 1.69. The van der Waals surface area contributed by atoms with Gasteiger partial charge in [0.15, 0.2) is 6.61 Å². The van der Waals surface area contributed by atoms with Crippen molar-refractivity contribution in [3.05, 3.63) is 58.9 Å². The second-order valence-corrected chi connectivity index (χ2v) is 8.14. The number of aromatic nitrogens is 1. The molecule has 192 valence electrons. The molecule has 1 aromatic carbocycles. The van der Waals surface area contributed by atoms with Crippen LogP contribution < -0.4 is 10.6 Å². The van der Waals surface area contributed by atoms with Gasteiger partial charge in [0.1, 0.15) is 0 Å². The number of ether oxygens (including phenoxy) is 1. The molecule has 1 aliphatic heterocycles. The van der Waals surface area contributed by atoms with Crippen LogP contribution in [-0.2, 0) is 35.2 Å². The van der Waals surface area contributed by atoms with Crippen LogP contribution in [0.2, 0.25) is 0 Å². The lowest BCUT2D eigenvalue weighted by atomic mass is 9.98. The first-order chi connectivity index (χ1) is 17.2. The summed E-state index contributed by atoms with van der Waals surface area (Å²) in [5.74, 6) is 1.90. The van der Waals surface area contributed by atoms with E-state index in [4.69, 9.17) is 11.2 Å². The lowest BCUT2D eigenvalue weighted by Crippen LogP contribution is -2.40. The number of pyridine rings is 1. The summed E-state index contributed by atoms with van der Waals surface area (Å²) in [6.07, 6.45) is 1.91. The van der Waals surface area contributed by atoms with Crippen molar-refractivity contribution in [2.45, 2.75) is 25.7 Å². The van der Waals surface area contributed by atoms with Gasteiger partial charge >= 0.3 is 12.3 Å². The van der Waals surface area contributed by atoms with E-state index in [1.165, 1.54) is 17.2 Å². The monoisotopic (exact) mass is 503 g/mol. The number of halogens is 3. The molecule has 0 unspecified atom stereocenters. The maximum atomic E-state index is 13.4. The molecule has 11 heteroatoms. The number of benzene rings is 1. The third-order valence-corrected chi connectivity index (χ3v) is 5.75. The van der Waals surface area contributed by atoms with E-state index in [0.717, 1.165) is 22.9 Å². The first-order valence-corrected chi connectivity index (χ1v) is 11.4. The normalized spacial score (nSPS) is 12.9. The third-order valence-electron chi connectivity index (χ3n) is 5.75. The number of hydrogen-bond donors (Lipinski definition) is 2. The number of terminal acetylenes is 1. The summed E-state index contributed by atoms with van der Waals surface area (Å²) in [7, 11) is 1.70. The lowest BCUT2D eigenvalue weighted by Gasteiger charge is -2.29. The standard InChI is InChI=1S/C25H28F3N5O3/c1-3-14-36-24(35)33-12-9-19-18(16-33)6-4-8-21(19)31-15-23(34)32(13-11-29-2)17-22-20(25(26,27)28)7-5-10-30-22/h1,4-8,10,29,31H,9,11-17H2,2H3. The van der Waals surface area contributed by atoms with Gasteiger partial charge in [-0.05, 0) is 42.8 Å². The Bertz CT molecular complexity index is 1120. The Hall–Kier alpha value is -3.78. The molecule has 0 saturated carbocycles. The molecular weight excluding hydrogens is 475 g/mol. The van der Waals surface area contributed by atoms with Crippen LogP contribution in [0.15, 0.2) is 36.5 Å². The summed E-state index contributed by atoms with van der Waals surface area (Å²) in [4.78, 5) is 31.9. The number of amides is 2. The van der Waals surface area contributed by atoms with Crippen LogP contribution in [0, 0.1) is 12.3 Å². The van der Waals surface area contributed by atoms with Gasteiger partial charge in [-0.25, -0.2) is 4.79 Å². The number of nitrogens with zero attached hydrogens (tertiary/aromatic N) is 3. The number of alkyl halides is 3. The van der Waals surface area contributed by atoms with Crippen LogP contribution in [-0.4, -0.2) is 66.6 Å². The molecule has 1 aliphatic rings. The number of likely N-dealkylation sites (N-methyl/N-ethyl adjacent to an activating group) is 1. The summed E-state index contributed by atoms with van der Waals surface area (Å²) < 4.78 is 45.2. The van der Waals surface area contributed by atoms with Gasteiger partial charge in [0.2, 0.25) is 5.91 Å². The number of fused-ring (bicyclic) bond motifs is 1. The number of carbonyl (C=O) groups is 2. The van der Waals surface area contributed by atoms with Crippen LogP contribution in [0.1, 0.15) is 22.4 Å². The molecule has 0 fully saturated rings. The maximum absolute atomic E-state index is 13.4. The quantitative estimate of drug-likeness (QED) is 0.512. The predicted octanol–water partition coefficient (Wildman–Crippen LogP) is 2.89. The number of hydrogen-bond acceptors (Lipinski definition) is 6. The average Bonchev–Trinajstić information content (AvgIpc) is 2.87. The van der Waals surface area contributed by atoms with E-state index >= 15 is 0 Å². The van der Waals surface area contributed by atoms with Crippen molar-refractivity contribution in [1.29, 1.82) is 0 Å². The van der Waals surface area contributed by atoms with Crippen molar-refractivity contribution in [2.24, 2.45) is 0 Å². The number of carbonyl (C=O) groups excluding carboxylic acids is 2. The second kappa shape index (κ2) is 12.3. The zero-order valence-corrected chi connectivity index (χ0v) is 19.9. The van der Waals surface area contributed by atoms with Crippen molar-refractivity contribution in [2.75, 3.05) is 45.2 Å². The minimum absolute atomic E-state index is 0.0983. The first kappa shape index (κ1) is 26.8. The summed E-state index contributed by atoms with van der Waals surface area (Å²) in [5.41, 5.74) is 1.55. The highest BCUT2D eigenvalue weighted by molar-refractivity contribution is 5.81. The van der Waals surface area contributed by atoms with Crippen molar-refractivity contribution in [1.82, 2.24) is 20.1 Å². The zero-order chi connectivity index (χ0) is 26.1. The largest absolute Gasteiger partial charge is 0.436 e. The SMILES string of the molecule is C#CCOC(=O)N1CCc2c(cccc2NCC(=O)N(CCNC)Cc2ncccc2C(F)(F)F)C1. The zero-order valence-electron chi connectivity index (χ0n) is 19.9. The van der Waals surface area contributed by atoms with Gasteiger partial charge in [0, 0.05) is 38.1 Å². The molecular formula is C25H28F3N5O3. The van der Waals surface area contributed by atoms with Gasteiger partial charge in [-0.15, -0.1) is 6.42 Å². The van der Waals surface area contributed by atoms with Crippen LogP contribution in [0.4, 0.5) is 23.7 Å². The molecule has 2 amide bonds. The number of nitrogens with one attached hydrogen (secondary N) is 2. The van der Waals surface area contributed by atoms with Crippen LogP contribution in [0.25, 0.3) is 0 Å². The second-order valence-electron chi connectivity index (χ2n) is 8.14. The maximum Gasteiger partial charge on any atom is 0.418 e. The fourth-order valence-corrected chi connectivity index (χ4v) is 3.95. The van der Waals surface area contributed by atoms with Gasteiger partial charge in [-0.2, -0.15) is 13.2 Å². The molecule has 0 radical (unpaired) electrons. The Morgan fingerprint density at radius 2 is 2.08 bits per heavy atom. The van der Waals surface area contributed by atoms with Crippen molar-refractivity contribution >= 4 is 17.7 Å². The molecule has 2 aromatic rings. The van der Waals surface area contributed by atoms with E-state index in [1.807, 2.05) is 18.2 Å². The molecule has 2 heterocycles. The minimum Gasteiger partial charge on any atom is -0.436 e. The molecule has 0 saturated heterocycles. The van der Waals surface area contributed by atoms with Crippen LogP contribution >= 0.6 is 0 Å². The van der Waals surface area contributed by atoms with Crippen molar-refractivity contribution in [3.8, 4) is 12.3 Å². The van der Waals surface area contributed by atoms with E-state index < -0.39 is 17.8 Å². The lowest BCUT2D eigenvalue weighted by molar-refractivity contribution is -0.140. The smallest absolute Gasteiger partial charge is 0.418 e. The highest BCUT2D eigenvalue weighted by Crippen LogP contribution is 2.31. The van der Waals surface area contributed by atoms with E-state index in [0.29, 0.717) is 26.1 Å². The summed E-state index contributed by atoms with van der Waals surface area (Å²) in [6, 6.07) is 7.72. The molecule has 1 aromatic heterocycles. The molecule has 0 bridgehead atoms. The van der Waals surface area contributed by atoms with Gasteiger partial charge in [-0.3, -0.25) is 9.78 Å². The summed E-state index contributed by atoms with van der Waals surface area (Å²) >= 11 is 0. The Morgan fingerprint density at radius 1 is 1.28 bits per heavy atom. The highest BCUT2D eigenvalue weighted by atomic mass is 19.4. The minimum atomic E-state index is -4.57. The Labute approximate surface area is 207 Å².